The standard InChI is InChI=1S/C14H22FN/c1-2-3-4-7-12(11-16)10-13-8-5-6-9-14(13)15/h5-6,8-9,12H,2-4,7,10-11,16H2,1H3. The van der Waals surface area contributed by atoms with E-state index >= 15 is 0 Å². The van der Waals surface area contributed by atoms with E-state index in [1.165, 1.54) is 25.3 Å². The molecule has 2 heteroatoms. The summed E-state index contributed by atoms with van der Waals surface area (Å²) in [6.07, 6.45) is 5.54. The number of halogens is 1. The molecule has 0 bridgehead atoms. The molecule has 1 aromatic carbocycles. The van der Waals surface area contributed by atoms with Crippen molar-refractivity contribution in [3.8, 4) is 0 Å². The Morgan fingerprint density at radius 2 is 2.00 bits per heavy atom. The van der Waals surface area contributed by atoms with Gasteiger partial charge in [0.25, 0.3) is 0 Å². The van der Waals surface area contributed by atoms with Gasteiger partial charge in [-0.25, -0.2) is 4.39 Å². The summed E-state index contributed by atoms with van der Waals surface area (Å²) in [6.45, 7) is 2.84. The second-order valence-corrected chi connectivity index (χ2v) is 4.39. The SMILES string of the molecule is CCCCCC(CN)Cc1ccccc1F. The molecule has 0 saturated heterocycles. The van der Waals surface area contributed by atoms with Gasteiger partial charge in [0.1, 0.15) is 5.82 Å². The van der Waals surface area contributed by atoms with E-state index in [4.69, 9.17) is 5.73 Å². The van der Waals surface area contributed by atoms with Crippen molar-refractivity contribution in [3.05, 3.63) is 35.6 Å². The molecular weight excluding hydrogens is 201 g/mol. The summed E-state index contributed by atoms with van der Waals surface area (Å²) in [7, 11) is 0. The highest BCUT2D eigenvalue weighted by Gasteiger charge is 2.10. The Balaban J connectivity index is 2.46. The largest absolute Gasteiger partial charge is 0.330 e. The predicted octanol–water partition coefficient (Wildman–Crippen LogP) is 3.52. The number of rotatable bonds is 7. The van der Waals surface area contributed by atoms with E-state index in [0.29, 0.717) is 12.5 Å². The van der Waals surface area contributed by atoms with Crippen LogP contribution in [0, 0.1) is 11.7 Å². The van der Waals surface area contributed by atoms with Crippen molar-refractivity contribution in [1.29, 1.82) is 0 Å². The molecule has 1 unspecified atom stereocenters. The highest BCUT2D eigenvalue weighted by atomic mass is 19.1. The fourth-order valence-electron chi connectivity index (χ4n) is 1.96. The van der Waals surface area contributed by atoms with Gasteiger partial charge in [-0.15, -0.1) is 0 Å². The van der Waals surface area contributed by atoms with Crippen molar-refractivity contribution < 1.29 is 4.39 Å². The Labute approximate surface area is 97.9 Å². The highest BCUT2D eigenvalue weighted by molar-refractivity contribution is 5.17. The third-order valence-electron chi connectivity index (χ3n) is 3.02. The van der Waals surface area contributed by atoms with Gasteiger partial charge in [0, 0.05) is 0 Å². The van der Waals surface area contributed by atoms with Gasteiger partial charge in [-0.3, -0.25) is 0 Å². The van der Waals surface area contributed by atoms with Gasteiger partial charge >= 0.3 is 0 Å². The zero-order chi connectivity index (χ0) is 11.8. The normalized spacial score (nSPS) is 12.7. The Morgan fingerprint density at radius 3 is 2.62 bits per heavy atom. The average Bonchev–Trinajstić information content (AvgIpc) is 2.30. The molecule has 1 rings (SSSR count). The van der Waals surface area contributed by atoms with Crippen LogP contribution in [0.25, 0.3) is 0 Å². The van der Waals surface area contributed by atoms with Crippen molar-refractivity contribution in [2.24, 2.45) is 11.7 Å². The van der Waals surface area contributed by atoms with E-state index < -0.39 is 0 Å². The van der Waals surface area contributed by atoms with Crippen LogP contribution >= 0.6 is 0 Å². The first kappa shape index (κ1) is 13.2. The minimum Gasteiger partial charge on any atom is -0.330 e. The third-order valence-corrected chi connectivity index (χ3v) is 3.02. The monoisotopic (exact) mass is 223 g/mol. The van der Waals surface area contributed by atoms with Crippen LogP contribution in [-0.2, 0) is 6.42 Å². The second kappa shape index (κ2) is 7.39. The zero-order valence-electron chi connectivity index (χ0n) is 10.1. The topological polar surface area (TPSA) is 26.0 Å². The molecule has 0 heterocycles. The van der Waals surface area contributed by atoms with Crippen LogP contribution in [0.1, 0.15) is 38.2 Å². The van der Waals surface area contributed by atoms with Crippen LogP contribution < -0.4 is 5.73 Å². The molecule has 0 aliphatic heterocycles. The lowest BCUT2D eigenvalue weighted by atomic mass is 9.93. The zero-order valence-corrected chi connectivity index (χ0v) is 10.1. The summed E-state index contributed by atoms with van der Waals surface area (Å²) in [5.41, 5.74) is 6.53. The first-order valence-corrected chi connectivity index (χ1v) is 6.21. The van der Waals surface area contributed by atoms with E-state index in [1.54, 1.807) is 6.07 Å². The third kappa shape index (κ3) is 4.31. The smallest absolute Gasteiger partial charge is 0.126 e. The van der Waals surface area contributed by atoms with Crippen LogP contribution in [0.3, 0.4) is 0 Å². The summed E-state index contributed by atoms with van der Waals surface area (Å²) in [4.78, 5) is 0. The number of unbranched alkanes of at least 4 members (excludes halogenated alkanes) is 2. The van der Waals surface area contributed by atoms with Gasteiger partial charge in [0.15, 0.2) is 0 Å². The molecule has 90 valence electrons. The van der Waals surface area contributed by atoms with E-state index in [2.05, 4.69) is 6.92 Å². The molecule has 0 aliphatic carbocycles. The maximum absolute atomic E-state index is 13.4. The number of hydrogen-bond acceptors (Lipinski definition) is 1. The van der Waals surface area contributed by atoms with Gasteiger partial charge in [0.05, 0.1) is 0 Å². The van der Waals surface area contributed by atoms with Crippen molar-refractivity contribution in [2.75, 3.05) is 6.54 Å². The van der Waals surface area contributed by atoms with Crippen LogP contribution in [-0.4, -0.2) is 6.54 Å². The first-order valence-electron chi connectivity index (χ1n) is 6.21. The Hall–Kier alpha value is -0.890. The summed E-state index contributed by atoms with van der Waals surface area (Å²) >= 11 is 0. The summed E-state index contributed by atoms with van der Waals surface area (Å²) in [5.74, 6) is 0.319. The minimum absolute atomic E-state index is 0.101. The van der Waals surface area contributed by atoms with Gasteiger partial charge in [-0.05, 0) is 36.9 Å². The maximum Gasteiger partial charge on any atom is 0.126 e. The minimum atomic E-state index is -0.101. The Bertz CT molecular complexity index is 299. The highest BCUT2D eigenvalue weighted by Crippen LogP contribution is 2.17. The summed E-state index contributed by atoms with van der Waals surface area (Å²) < 4.78 is 13.4. The molecule has 0 amide bonds. The van der Waals surface area contributed by atoms with E-state index in [0.717, 1.165) is 18.4 Å². The molecule has 0 radical (unpaired) electrons. The van der Waals surface area contributed by atoms with Crippen LogP contribution in [0.15, 0.2) is 24.3 Å². The molecule has 0 aliphatic rings. The number of benzene rings is 1. The van der Waals surface area contributed by atoms with Crippen molar-refractivity contribution >= 4 is 0 Å². The van der Waals surface area contributed by atoms with Gasteiger partial charge in [0.2, 0.25) is 0 Å². The molecule has 0 aromatic heterocycles. The van der Waals surface area contributed by atoms with E-state index in [9.17, 15) is 4.39 Å². The molecular formula is C14H22FN. The first-order chi connectivity index (χ1) is 7.77. The van der Waals surface area contributed by atoms with E-state index in [1.807, 2.05) is 12.1 Å². The van der Waals surface area contributed by atoms with Crippen LogP contribution in [0.4, 0.5) is 4.39 Å². The fraction of sp³-hybridized carbons (Fsp3) is 0.571. The number of nitrogens with two attached hydrogens (primary N) is 1. The molecule has 0 saturated carbocycles. The molecule has 1 atom stereocenters. The molecule has 1 nitrogen and oxygen atoms in total. The summed E-state index contributed by atoms with van der Waals surface area (Å²) in [6, 6.07) is 7.00. The quantitative estimate of drug-likeness (QED) is 0.703. The number of hydrogen-bond donors (Lipinski definition) is 1. The second-order valence-electron chi connectivity index (χ2n) is 4.39. The molecule has 2 N–H and O–H groups in total. The van der Waals surface area contributed by atoms with Crippen molar-refractivity contribution in [3.63, 3.8) is 0 Å². The Morgan fingerprint density at radius 1 is 1.25 bits per heavy atom. The molecule has 0 spiro atoms. The lowest BCUT2D eigenvalue weighted by molar-refractivity contribution is 0.455. The van der Waals surface area contributed by atoms with Crippen molar-refractivity contribution in [1.82, 2.24) is 0 Å². The maximum atomic E-state index is 13.4. The molecule has 0 fully saturated rings. The fourth-order valence-corrected chi connectivity index (χ4v) is 1.96. The van der Waals surface area contributed by atoms with Gasteiger partial charge in [-0.1, -0.05) is 44.4 Å². The lowest BCUT2D eigenvalue weighted by Gasteiger charge is -2.14. The van der Waals surface area contributed by atoms with Crippen molar-refractivity contribution in [2.45, 2.75) is 39.0 Å². The van der Waals surface area contributed by atoms with Crippen LogP contribution in [0.2, 0.25) is 0 Å². The lowest BCUT2D eigenvalue weighted by Crippen LogP contribution is -2.17. The summed E-state index contributed by atoms with van der Waals surface area (Å²) in [5, 5.41) is 0. The molecule has 16 heavy (non-hydrogen) atoms. The Kier molecular flexibility index (Phi) is 6.09. The van der Waals surface area contributed by atoms with Gasteiger partial charge < -0.3 is 5.73 Å². The predicted molar refractivity (Wildman–Crippen MR) is 66.8 cm³/mol. The van der Waals surface area contributed by atoms with Gasteiger partial charge in [-0.2, -0.15) is 0 Å². The van der Waals surface area contributed by atoms with Crippen LogP contribution in [0.5, 0.6) is 0 Å². The molecule has 1 aromatic rings. The average molecular weight is 223 g/mol. The van der Waals surface area contributed by atoms with E-state index in [-0.39, 0.29) is 5.82 Å².